The lowest BCUT2D eigenvalue weighted by Gasteiger charge is -2.13. The molecule has 2 N–H and O–H groups in total. The number of benzene rings is 1. The van der Waals surface area contributed by atoms with Gasteiger partial charge in [-0.2, -0.15) is 0 Å². The molecule has 0 aliphatic rings. The van der Waals surface area contributed by atoms with Crippen molar-refractivity contribution in [3.63, 3.8) is 0 Å². The third-order valence-corrected chi connectivity index (χ3v) is 3.62. The van der Waals surface area contributed by atoms with Crippen LogP contribution in [0.25, 0.3) is 0 Å². The molecule has 1 rings (SSSR count). The highest BCUT2D eigenvalue weighted by Crippen LogP contribution is 2.12. The van der Waals surface area contributed by atoms with Crippen LogP contribution in [0.4, 0.5) is 4.39 Å². The van der Waals surface area contributed by atoms with Crippen molar-refractivity contribution >= 4 is 15.5 Å². The second kappa shape index (κ2) is 5.24. The van der Waals surface area contributed by atoms with Gasteiger partial charge in [0.2, 0.25) is 0 Å². The standard InChI is InChI=1S/C10H12FNO4S/c1-17(15,16)9(6-13)10(12-14)7-3-2-4-8(11)5-7/h2-5,9,13-14H,6H2,1H3/b12-10-/t9-/m0/s1. The summed E-state index contributed by atoms with van der Waals surface area (Å²) in [5.74, 6) is -0.589. The zero-order valence-corrected chi connectivity index (χ0v) is 9.85. The van der Waals surface area contributed by atoms with Gasteiger partial charge in [-0.15, -0.1) is 0 Å². The summed E-state index contributed by atoms with van der Waals surface area (Å²) in [6, 6.07) is 4.95. The first-order chi connectivity index (χ1) is 7.90. The third kappa shape index (κ3) is 3.24. The average Bonchev–Trinajstić information content (AvgIpc) is 2.23. The summed E-state index contributed by atoms with van der Waals surface area (Å²) in [6.45, 7) is -0.741. The zero-order valence-electron chi connectivity index (χ0n) is 9.04. The Morgan fingerprint density at radius 3 is 2.59 bits per heavy atom. The van der Waals surface area contributed by atoms with Gasteiger partial charge in [0.1, 0.15) is 16.8 Å². The van der Waals surface area contributed by atoms with E-state index in [0.717, 1.165) is 12.3 Å². The van der Waals surface area contributed by atoms with Crippen LogP contribution < -0.4 is 0 Å². The number of halogens is 1. The van der Waals surface area contributed by atoms with Crippen LogP contribution in [0.3, 0.4) is 0 Å². The maximum Gasteiger partial charge on any atom is 0.158 e. The van der Waals surface area contributed by atoms with E-state index in [4.69, 9.17) is 10.3 Å². The van der Waals surface area contributed by atoms with Crippen molar-refractivity contribution < 1.29 is 23.1 Å². The molecule has 17 heavy (non-hydrogen) atoms. The van der Waals surface area contributed by atoms with Gasteiger partial charge in [-0.1, -0.05) is 17.3 Å². The van der Waals surface area contributed by atoms with Crippen LogP contribution in [0, 0.1) is 5.82 Å². The van der Waals surface area contributed by atoms with E-state index in [1.807, 2.05) is 0 Å². The smallest absolute Gasteiger partial charge is 0.158 e. The van der Waals surface area contributed by atoms with Gasteiger partial charge < -0.3 is 10.3 Å². The molecule has 0 aliphatic carbocycles. The molecule has 0 aromatic heterocycles. The van der Waals surface area contributed by atoms with E-state index in [0.29, 0.717) is 0 Å². The first kappa shape index (κ1) is 13.6. The second-order valence-electron chi connectivity index (χ2n) is 3.50. The van der Waals surface area contributed by atoms with Gasteiger partial charge in [0, 0.05) is 11.8 Å². The molecule has 5 nitrogen and oxygen atoms in total. The molecule has 1 atom stereocenters. The highest BCUT2D eigenvalue weighted by atomic mass is 32.2. The minimum atomic E-state index is -3.65. The number of sulfone groups is 1. The van der Waals surface area contributed by atoms with Crippen LogP contribution >= 0.6 is 0 Å². The predicted molar refractivity (Wildman–Crippen MR) is 60.4 cm³/mol. The molecule has 94 valence electrons. The molecule has 0 heterocycles. The Morgan fingerprint density at radius 1 is 1.53 bits per heavy atom. The van der Waals surface area contributed by atoms with Crippen molar-refractivity contribution in [1.29, 1.82) is 0 Å². The lowest BCUT2D eigenvalue weighted by Crippen LogP contribution is -2.33. The number of hydrogen-bond donors (Lipinski definition) is 2. The van der Waals surface area contributed by atoms with E-state index in [1.165, 1.54) is 18.2 Å². The van der Waals surface area contributed by atoms with Crippen LogP contribution in [0.5, 0.6) is 0 Å². The van der Waals surface area contributed by atoms with Crippen LogP contribution in [0.15, 0.2) is 29.4 Å². The first-order valence-corrected chi connectivity index (χ1v) is 6.63. The molecular weight excluding hydrogens is 249 g/mol. The summed E-state index contributed by atoms with van der Waals surface area (Å²) in [5, 5.41) is 19.3. The van der Waals surface area contributed by atoms with Crippen molar-refractivity contribution in [3.05, 3.63) is 35.6 Å². The number of nitrogens with zero attached hydrogens (tertiary/aromatic N) is 1. The van der Waals surface area contributed by atoms with E-state index < -0.39 is 27.5 Å². The molecule has 1 aromatic carbocycles. The van der Waals surface area contributed by atoms with Crippen molar-refractivity contribution in [2.24, 2.45) is 5.16 Å². The van der Waals surface area contributed by atoms with Crippen molar-refractivity contribution in [2.75, 3.05) is 12.9 Å². The molecule has 1 aromatic rings. The Bertz CT molecular complexity index is 527. The minimum absolute atomic E-state index is 0.108. The van der Waals surface area contributed by atoms with Crippen LogP contribution in [-0.2, 0) is 9.84 Å². The first-order valence-electron chi connectivity index (χ1n) is 4.67. The molecule has 0 unspecified atom stereocenters. The van der Waals surface area contributed by atoms with Gasteiger partial charge in [-0.3, -0.25) is 0 Å². The average molecular weight is 261 g/mol. The molecule has 7 heteroatoms. The minimum Gasteiger partial charge on any atom is -0.411 e. The van der Waals surface area contributed by atoms with Gasteiger partial charge in [-0.05, 0) is 12.1 Å². The number of oxime groups is 1. The van der Waals surface area contributed by atoms with Crippen LogP contribution in [0.2, 0.25) is 0 Å². The quantitative estimate of drug-likeness (QED) is 0.467. The molecule has 0 fully saturated rings. The SMILES string of the molecule is CS(=O)(=O)[C@@H](CO)/C(=N\O)c1cccc(F)c1. The predicted octanol–water partition coefficient (Wildman–Crippen LogP) is 0.409. The van der Waals surface area contributed by atoms with Crippen molar-refractivity contribution in [2.45, 2.75) is 5.25 Å². The summed E-state index contributed by atoms with van der Waals surface area (Å²) >= 11 is 0. The lowest BCUT2D eigenvalue weighted by molar-refractivity contribution is 0.296. The molecule has 0 saturated heterocycles. The van der Waals surface area contributed by atoms with Gasteiger partial charge >= 0.3 is 0 Å². The Balaban J connectivity index is 3.25. The second-order valence-corrected chi connectivity index (χ2v) is 5.72. The van der Waals surface area contributed by atoms with Crippen molar-refractivity contribution in [3.8, 4) is 0 Å². The molecule has 0 amide bonds. The normalized spacial score (nSPS) is 14.6. The number of hydrogen-bond acceptors (Lipinski definition) is 5. The topological polar surface area (TPSA) is 87.0 Å². The maximum atomic E-state index is 13.0. The van der Waals surface area contributed by atoms with E-state index in [2.05, 4.69) is 5.16 Å². The summed E-state index contributed by atoms with van der Waals surface area (Å²) in [4.78, 5) is 0. The number of rotatable bonds is 4. The molecular formula is C10H12FNO4S. The Hall–Kier alpha value is -1.47. The summed E-state index contributed by atoms with van der Waals surface area (Å²) in [6.07, 6.45) is 0.901. The van der Waals surface area contributed by atoms with E-state index in [1.54, 1.807) is 0 Å². The lowest BCUT2D eigenvalue weighted by atomic mass is 10.1. The molecule has 0 bridgehead atoms. The molecule has 0 saturated carbocycles. The van der Waals surface area contributed by atoms with Crippen molar-refractivity contribution in [1.82, 2.24) is 0 Å². The van der Waals surface area contributed by atoms with E-state index in [9.17, 15) is 12.8 Å². The van der Waals surface area contributed by atoms with Gasteiger partial charge in [-0.25, -0.2) is 12.8 Å². The van der Waals surface area contributed by atoms with E-state index >= 15 is 0 Å². The zero-order chi connectivity index (χ0) is 13.1. The fourth-order valence-electron chi connectivity index (χ4n) is 1.38. The molecule has 0 spiro atoms. The summed E-state index contributed by atoms with van der Waals surface area (Å²) < 4.78 is 35.7. The summed E-state index contributed by atoms with van der Waals surface area (Å²) in [5.41, 5.74) is -0.175. The van der Waals surface area contributed by atoms with E-state index in [-0.39, 0.29) is 11.3 Å². The summed E-state index contributed by atoms with van der Waals surface area (Å²) in [7, 11) is -3.65. The van der Waals surface area contributed by atoms with Gasteiger partial charge in [0.05, 0.1) is 6.61 Å². The Labute approximate surface area is 98.1 Å². The monoisotopic (exact) mass is 261 g/mol. The fraction of sp³-hybridized carbons (Fsp3) is 0.300. The highest BCUT2D eigenvalue weighted by Gasteiger charge is 2.27. The van der Waals surface area contributed by atoms with Gasteiger partial charge in [0.15, 0.2) is 9.84 Å². The fourth-order valence-corrected chi connectivity index (χ4v) is 2.24. The highest BCUT2D eigenvalue weighted by molar-refractivity contribution is 7.92. The van der Waals surface area contributed by atoms with Crippen LogP contribution in [0.1, 0.15) is 5.56 Å². The van der Waals surface area contributed by atoms with Crippen LogP contribution in [-0.4, -0.2) is 42.6 Å². The maximum absolute atomic E-state index is 13.0. The molecule has 0 aliphatic heterocycles. The molecule has 0 radical (unpaired) electrons. The number of aliphatic hydroxyl groups is 1. The Kier molecular flexibility index (Phi) is 4.19. The third-order valence-electron chi connectivity index (χ3n) is 2.22. The van der Waals surface area contributed by atoms with Gasteiger partial charge in [0.25, 0.3) is 0 Å². The number of aliphatic hydroxyl groups excluding tert-OH is 1. The largest absolute Gasteiger partial charge is 0.411 e. The Morgan fingerprint density at radius 2 is 2.18 bits per heavy atom.